The number of benzene rings is 4. The van der Waals surface area contributed by atoms with Crippen LogP contribution in [0, 0.1) is 29.3 Å². The van der Waals surface area contributed by atoms with Gasteiger partial charge in [0.15, 0.2) is 17.5 Å². The van der Waals surface area contributed by atoms with Gasteiger partial charge in [-0.25, -0.2) is 13.2 Å². The van der Waals surface area contributed by atoms with Crippen molar-refractivity contribution in [2.24, 2.45) is 0 Å². The third-order valence-corrected chi connectivity index (χ3v) is 5.81. The molecule has 0 saturated carbocycles. The Morgan fingerprint density at radius 3 is 1.94 bits per heavy atom. The molecular formula is C30H25F3. The molecule has 0 fully saturated rings. The van der Waals surface area contributed by atoms with Crippen LogP contribution in [-0.4, -0.2) is 0 Å². The normalized spacial score (nSPS) is 10.8. The summed E-state index contributed by atoms with van der Waals surface area (Å²) in [5.41, 5.74) is 4.88. The predicted octanol–water partition coefficient (Wildman–Crippen LogP) is 8.45. The van der Waals surface area contributed by atoms with Crippen LogP contribution in [0.2, 0.25) is 0 Å². The van der Waals surface area contributed by atoms with Crippen molar-refractivity contribution in [1.29, 1.82) is 0 Å². The molecule has 0 nitrogen and oxygen atoms in total. The average molecular weight is 443 g/mol. The summed E-state index contributed by atoms with van der Waals surface area (Å²) in [7, 11) is 0. The minimum absolute atomic E-state index is 0.0621. The molecule has 4 aromatic rings. The number of hydrogen-bond donors (Lipinski definition) is 0. The molecule has 0 aliphatic carbocycles. The lowest BCUT2D eigenvalue weighted by molar-refractivity contribution is 0.453. The quantitative estimate of drug-likeness (QED) is 0.160. The van der Waals surface area contributed by atoms with Crippen LogP contribution in [0.1, 0.15) is 49.3 Å². The number of rotatable bonds is 6. The van der Waals surface area contributed by atoms with Gasteiger partial charge in [0.05, 0.1) is 0 Å². The summed E-state index contributed by atoms with van der Waals surface area (Å²) in [5, 5.41) is 0.383. The number of unbranched alkanes of at least 4 members (excludes halogenated alkanes) is 3. The van der Waals surface area contributed by atoms with Gasteiger partial charge in [-0.1, -0.05) is 74.4 Å². The van der Waals surface area contributed by atoms with E-state index in [0.717, 1.165) is 34.7 Å². The molecule has 4 aromatic carbocycles. The van der Waals surface area contributed by atoms with E-state index in [2.05, 4.69) is 43.0 Å². The Hall–Kier alpha value is -3.51. The molecule has 0 atom stereocenters. The summed E-state index contributed by atoms with van der Waals surface area (Å²) in [6.07, 6.45) is 6.15. The second-order valence-electron chi connectivity index (χ2n) is 8.26. The fraction of sp³-hybridized carbons (Fsp3) is 0.200. The molecule has 0 unspecified atom stereocenters. The lowest BCUT2D eigenvalue weighted by Crippen LogP contribution is -1.92. The zero-order valence-corrected chi connectivity index (χ0v) is 18.6. The van der Waals surface area contributed by atoms with E-state index in [-0.39, 0.29) is 5.39 Å². The standard InChI is InChI=1S/C30H25F3/c1-2-3-4-5-6-21-7-9-22(10-8-21)11-12-23-13-15-24(16-14-23)25-17-18-27-26(19-25)20-28(31)30(33)29(27)32/h7-10,13-20H,2-6H2,1H3. The first kappa shape index (κ1) is 22.7. The maximum atomic E-state index is 13.9. The Kier molecular flexibility index (Phi) is 7.15. The van der Waals surface area contributed by atoms with Gasteiger partial charge in [0.2, 0.25) is 0 Å². The third-order valence-electron chi connectivity index (χ3n) is 5.81. The minimum Gasteiger partial charge on any atom is -0.204 e. The summed E-state index contributed by atoms with van der Waals surface area (Å²) >= 11 is 0. The van der Waals surface area contributed by atoms with E-state index in [1.54, 1.807) is 12.1 Å². The summed E-state index contributed by atoms with van der Waals surface area (Å²) in [5.74, 6) is 2.58. The Morgan fingerprint density at radius 2 is 1.27 bits per heavy atom. The first-order chi connectivity index (χ1) is 16.0. The van der Waals surface area contributed by atoms with Crippen LogP contribution in [0.25, 0.3) is 21.9 Å². The topological polar surface area (TPSA) is 0 Å². The molecule has 166 valence electrons. The number of halogens is 3. The van der Waals surface area contributed by atoms with Crippen molar-refractivity contribution in [2.75, 3.05) is 0 Å². The van der Waals surface area contributed by atoms with E-state index < -0.39 is 17.5 Å². The number of hydrogen-bond acceptors (Lipinski definition) is 0. The van der Waals surface area contributed by atoms with Gasteiger partial charge in [0, 0.05) is 16.5 Å². The Morgan fingerprint density at radius 1 is 0.636 bits per heavy atom. The molecule has 0 aliphatic rings. The van der Waals surface area contributed by atoms with E-state index in [1.165, 1.54) is 37.3 Å². The van der Waals surface area contributed by atoms with Crippen LogP contribution in [-0.2, 0) is 6.42 Å². The van der Waals surface area contributed by atoms with E-state index in [0.29, 0.717) is 5.39 Å². The molecule has 0 aromatic heterocycles. The van der Waals surface area contributed by atoms with E-state index in [9.17, 15) is 13.2 Å². The monoisotopic (exact) mass is 442 g/mol. The first-order valence-corrected chi connectivity index (χ1v) is 11.3. The molecule has 0 heterocycles. The molecule has 3 heteroatoms. The second-order valence-corrected chi connectivity index (χ2v) is 8.26. The van der Waals surface area contributed by atoms with Gasteiger partial charge in [0.1, 0.15) is 0 Å². The van der Waals surface area contributed by atoms with Gasteiger partial charge in [-0.05, 0) is 71.3 Å². The van der Waals surface area contributed by atoms with Gasteiger partial charge in [-0.3, -0.25) is 0 Å². The van der Waals surface area contributed by atoms with Crippen molar-refractivity contribution >= 4 is 10.8 Å². The van der Waals surface area contributed by atoms with Crippen molar-refractivity contribution in [2.45, 2.75) is 39.0 Å². The van der Waals surface area contributed by atoms with Crippen molar-refractivity contribution < 1.29 is 13.2 Å². The Labute approximate surface area is 193 Å². The smallest absolute Gasteiger partial charge is 0.195 e. The molecule has 33 heavy (non-hydrogen) atoms. The van der Waals surface area contributed by atoms with Crippen molar-refractivity contribution in [3.05, 3.63) is 107 Å². The van der Waals surface area contributed by atoms with E-state index in [1.807, 2.05) is 24.3 Å². The van der Waals surface area contributed by atoms with Gasteiger partial charge >= 0.3 is 0 Å². The van der Waals surface area contributed by atoms with Gasteiger partial charge in [-0.2, -0.15) is 0 Å². The van der Waals surface area contributed by atoms with Crippen molar-refractivity contribution in [3.8, 4) is 23.0 Å². The molecule has 0 saturated heterocycles. The van der Waals surface area contributed by atoms with E-state index in [4.69, 9.17) is 0 Å². The highest BCUT2D eigenvalue weighted by Gasteiger charge is 2.13. The number of fused-ring (bicyclic) bond motifs is 1. The Bertz CT molecular complexity index is 1310. The van der Waals surface area contributed by atoms with Crippen molar-refractivity contribution in [3.63, 3.8) is 0 Å². The molecule has 4 rings (SSSR count). The van der Waals surface area contributed by atoms with Crippen LogP contribution < -0.4 is 0 Å². The molecule has 0 spiro atoms. The van der Waals surface area contributed by atoms with E-state index >= 15 is 0 Å². The fourth-order valence-electron chi connectivity index (χ4n) is 3.89. The maximum absolute atomic E-state index is 13.9. The molecule has 0 aliphatic heterocycles. The van der Waals surface area contributed by atoms with Crippen LogP contribution in [0.15, 0.2) is 72.8 Å². The first-order valence-electron chi connectivity index (χ1n) is 11.3. The SMILES string of the molecule is CCCCCCc1ccc(C#Cc2ccc(-c3ccc4c(F)c(F)c(F)cc4c3)cc2)cc1. The maximum Gasteiger partial charge on any atom is 0.195 e. The van der Waals surface area contributed by atoms with Crippen LogP contribution >= 0.6 is 0 Å². The second kappa shape index (κ2) is 10.4. The van der Waals surface area contributed by atoms with Crippen LogP contribution in [0.4, 0.5) is 13.2 Å². The zero-order chi connectivity index (χ0) is 23.2. The molecule has 0 amide bonds. The summed E-state index contributed by atoms with van der Waals surface area (Å²) in [4.78, 5) is 0. The lowest BCUT2D eigenvalue weighted by atomic mass is 10.00. The third kappa shape index (κ3) is 5.46. The number of aryl methyl sites for hydroxylation is 1. The van der Waals surface area contributed by atoms with Gasteiger partial charge in [-0.15, -0.1) is 0 Å². The van der Waals surface area contributed by atoms with Gasteiger partial charge in [0.25, 0.3) is 0 Å². The Balaban J connectivity index is 1.46. The predicted molar refractivity (Wildman–Crippen MR) is 130 cm³/mol. The van der Waals surface area contributed by atoms with Crippen LogP contribution in [0.3, 0.4) is 0 Å². The summed E-state index contributed by atoms with van der Waals surface area (Å²) in [6.45, 7) is 2.22. The summed E-state index contributed by atoms with van der Waals surface area (Å²) < 4.78 is 41.0. The highest BCUT2D eigenvalue weighted by Crippen LogP contribution is 2.28. The minimum atomic E-state index is -1.44. The average Bonchev–Trinajstić information content (AvgIpc) is 2.85. The molecule has 0 N–H and O–H groups in total. The highest BCUT2D eigenvalue weighted by molar-refractivity contribution is 5.88. The van der Waals surface area contributed by atoms with Crippen molar-refractivity contribution in [1.82, 2.24) is 0 Å². The largest absolute Gasteiger partial charge is 0.204 e. The molecule has 0 radical (unpaired) electrons. The highest BCUT2D eigenvalue weighted by atomic mass is 19.2. The van der Waals surface area contributed by atoms with Crippen LogP contribution in [0.5, 0.6) is 0 Å². The molecule has 0 bridgehead atoms. The summed E-state index contributed by atoms with van der Waals surface area (Å²) in [6, 6.07) is 21.9. The lowest BCUT2D eigenvalue weighted by Gasteiger charge is -2.06. The zero-order valence-electron chi connectivity index (χ0n) is 18.6. The molecular weight excluding hydrogens is 417 g/mol. The van der Waals surface area contributed by atoms with Gasteiger partial charge < -0.3 is 0 Å². The fourth-order valence-corrected chi connectivity index (χ4v) is 3.89.